The summed E-state index contributed by atoms with van der Waals surface area (Å²) in [6.07, 6.45) is -10.4. The van der Waals surface area contributed by atoms with Gasteiger partial charge in [0.05, 0.1) is 0 Å². The lowest BCUT2D eigenvalue weighted by molar-refractivity contribution is -0.205. The van der Waals surface area contributed by atoms with Crippen molar-refractivity contribution in [1.82, 2.24) is 4.90 Å². The standard InChI is InChI=1S/C21H24F6N2O3/c22-20(23,24)12-14-7-10-28(13-14)11-8-15-4-1-2-5-16(15)29-9-3-6-17(18(29)30)32-19(31)21(25,26)27/h1-2,4-5,14,17H,3,6-13H2/t14-,17?/m0/s1. The molecule has 1 aromatic carbocycles. The molecule has 2 aliphatic rings. The minimum atomic E-state index is -5.18. The Morgan fingerprint density at radius 1 is 1.06 bits per heavy atom. The highest BCUT2D eigenvalue weighted by molar-refractivity contribution is 5.99. The van der Waals surface area contributed by atoms with E-state index < -0.39 is 42.7 Å². The first-order chi connectivity index (χ1) is 14.9. The molecule has 0 aromatic heterocycles. The molecule has 2 fully saturated rings. The molecule has 0 saturated carbocycles. The molecule has 2 aliphatic heterocycles. The normalized spacial score (nSPS) is 22.9. The van der Waals surface area contributed by atoms with Gasteiger partial charge in [0.2, 0.25) is 0 Å². The number of rotatable bonds is 6. The lowest BCUT2D eigenvalue weighted by Gasteiger charge is -2.33. The fourth-order valence-corrected chi connectivity index (χ4v) is 4.26. The van der Waals surface area contributed by atoms with Crippen molar-refractivity contribution in [3.8, 4) is 0 Å². The minimum Gasteiger partial charge on any atom is -0.446 e. The predicted molar refractivity (Wildman–Crippen MR) is 103 cm³/mol. The number of halogens is 6. The Morgan fingerprint density at radius 3 is 2.47 bits per heavy atom. The minimum absolute atomic E-state index is 0.00763. The Hall–Kier alpha value is -2.30. The number of alkyl halides is 6. The number of piperidine rings is 1. The number of esters is 1. The van der Waals surface area contributed by atoms with Crippen LogP contribution in [0.1, 0.15) is 31.2 Å². The Labute approximate surface area is 181 Å². The van der Waals surface area contributed by atoms with Crippen LogP contribution in [0.3, 0.4) is 0 Å². The molecule has 0 N–H and O–H groups in total. The SMILES string of the molecule is O=C1C(OC(=O)C(F)(F)F)CCCN1c1ccccc1CCN1CC[C@@H](CC(F)(F)F)C1. The van der Waals surface area contributed by atoms with Crippen LogP contribution in [0.4, 0.5) is 32.0 Å². The largest absolute Gasteiger partial charge is 0.490 e. The number of carbonyl (C=O) groups is 2. The van der Waals surface area contributed by atoms with Gasteiger partial charge in [-0.25, -0.2) is 4.79 Å². The van der Waals surface area contributed by atoms with E-state index in [0.717, 1.165) is 5.56 Å². The highest BCUT2D eigenvalue weighted by atomic mass is 19.4. The van der Waals surface area contributed by atoms with Crippen molar-refractivity contribution in [2.45, 2.75) is 50.6 Å². The van der Waals surface area contributed by atoms with Crippen LogP contribution in [0.5, 0.6) is 0 Å². The number of nitrogens with zero attached hydrogens (tertiary/aromatic N) is 2. The van der Waals surface area contributed by atoms with Gasteiger partial charge in [0, 0.05) is 31.7 Å². The molecule has 32 heavy (non-hydrogen) atoms. The molecule has 1 unspecified atom stereocenters. The van der Waals surface area contributed by atoms with E-state index in [0.29, 0.717) is 44.6 Å². The molecule has 2 heterocycles. The summed E-state index contributed by atoms with van der Waals surface area (Å²) in [6, 6.07) is 6.88. The van der Waals surface area contributed by atoms with Crippen LogP contribution >= 0.6 is 0 Å². The maximum absolute atomic E-state index is 12.7. The third-order valence-corrected chi connectivity index (χ3v) is 5.74. The number of anilines is 1. The zero-order valence-electron chi connectivity index (χ0n) is 17.2. The van der Waals surface area contributed by atoms with Gasteiger partial charge < -0.3 is 14.5 Å². The highest BCUT2D eigenvalue weighted by Crippen LogP contribution is 2.31. The molecule has 11 heteroatoms. The third kappa shape index (κ3) is 6.36. The van der Waals surface area contributed by atoms with Crippen molar-refractivity contribution in [3.05, 3.63) is 29.8 Å². The summed E-state index contributed by atoms with van der Waals surface area (Å²) in [6.45, 7) is 1.67. The van der Waals surface area contributed by atoms with Gasteiger partial charge in [-0.3, -0.25) is 4.79 Å². The molecule has 2 atom stereocenters. The molecule has 0 bridgehead atoms. The zero-order valence-corrected chi connectivity index (χ0v) is 17.2. The van der Waals surface area contributed by atoms with Crippen LogP contribution in [0.2, 0.25) is 0 Å². The fourth-order valence-electron chi connectivity index (χ4n) is 4.26. The molecule has 3 rings (SSSR count). The van der Waals surface area contributed by atoms with Crippen LogP contribution in [0.25, 0.3) is 0 Å². The number of ether oxygens (including phenoxy) is 1. The molecule has 5 nitrogen and oxygen atoms in total. The second-order valence-electron chi connectivity index (χ2n) is 8.18. The van der Waals surface area contributed by atoms with Crippen molar-refractivity contribution < 1.29 is 40.7 Å². The average molecular weight is 466 g/mol. The van der Waals surface area contributed by atoms with E-state index in [4.69, 9.17) is 0 Å². The molecular formula is C21H24F6N2O3. The quantitative estimate of drug-likeness (QED) is 0.468. The van der Waals surface area contributed by atoms with E-state index in [1.165, 1.54) is 4.90 Å². The van der Waals surface area contributed by atoms with E-state index in [9.17, 15) is 35.9 Å². The summed E-state index contributed by atoms with van der Waals surface area (Å²) in [4.78, 5) is 27.2. The van der Waals surface area contributed by atoms with Crippen LogP contribution < -0.4 is 4.90 Å². The smallest absolute Gasteiger partial charge is 0.446 e. The third-order valence-electron chi connectivity index (χ3n) is 5.74. The second-order valence-corrected chi connectivity index (χ2v) is 8.18. The van der Waals surface area contributed by atoms with Crippen molar-refractivity contribution in [2.24, 2.45) is 5.92 Å². The van der Waals surface area contributed by atoms with E-state index >= 15 is 0 Å². The van der Waals surface area contributed by atoms with Gasteiger partial charge >= 0.3 is 18.3 Å². The second kappa shape index (κ2) is 9.68. The summed E-state index contributed by atoms with van der Waals surface area (Å²) < 4.78 is 79.8. The molecule has 0 spiro atoms. The molecule has 2 saturated heterocycles. The summed E-state index contributed by atoms with van der Waals surface area (Å²) in [7, 11) is 0. The maximum atomic E-state index is 12.7. The van der Waals surface area contributed by atoms with Gasteiger partial charge in [-0.15, -0.1) is 0 Å². The topological polar surface area (TPSA) is 49.9 Å². The number of benzene rings is 1. The number of hydrogen-bond acceptors (Lipinski definition) is 4. The molecule has 1 aromatic rings. The Bertz CT molecular complexity index is 826. The van der Waals surface area contributed by atoms with Gasteiger partial charge in [0.25, 0.3) is 5.91 Å². The monoisotopic (exact) mass is 466 g/mol. The van der Waals surface area contributed by atoms with Gasteiger partial charge in [0.15, 0.2) is 6.10 Å². The number of para-hydroxylation sites is 1. The van der Waals surface area contributed by atoms with Crippen LogP contribution in [-0.4, -0.2) is 61.4 Å². The lowest BCUT2D eigenvalue weighted by atomic mass is 10.0. The summed E-state index contributed by atoms with van der Waals surface area (Å²) in [5.41, 5.74) is 1.26. The number of amides is 1. The van der Waals surface area contributed by atoms with E-state index in [2.05, 4.69) is 4.74 Å². The molecule has 0 radical (unpaired) electrons. The van der Waals surface area contributed by atoms with Crippen LogP contribution in [0, 0.1) is 5.92 Å². The van der Waals surface area contributed by atoms with Crippen molar-refractivity contribution >= 4 is 17.6 Å². The van der Waals surface area contributed by atoms with Gasteiger partial charge in [0.1, 0.15) is 0 Å². The lowest BCUT2D eigenvalue weighted by Crippen LogP contribution is -2.48. The summed E-state index contributed by atoms with van der Waals surface area (Å²) in [5.74, 6) is -3.54. The first-order valence-corrected chi connectivity index (χ1v) is 10.4. The Balaban J connectivity index is 1.63. The van der Waals surface area contributed by atoms with E-state index in [1.54, 1.807) is 24.3 Å². The van der Waals surface area contributed by atoms with Crippen LogP contribution in [-0.2, 0) is 20.7 Å². The van der Waals surface area contributed by atoms with Crippen molar-refractivity contribution in [2.75, 3.05) is 31.1 Å². The van der Waals surface area contributed by atoms with Gasteiger partial charge in [-0.05, 0) is 49.8 Å². The van der Waals surface area contributed by atoms with Gasteiger partial charge in [-0.1, -0.05) is 18.2 Å². The average Bonchev–Trinajstić information content (AvgIpc) is 3.13. The fraction of sp³-hybridized carbons (Fsp3) is 0.619. The molecule has 1 amide bonds. The van der Waals surface area contributed by atoms with Crippen molar-refractivity contribution in [3.63, 3.8) is 0 Å². The summed E-state index contributed by atoms with van der Waals surface area (Å²) >= 11 is 0. The van der Waals surface area contributed by atoms with Crippen molar-refractivity contribution in [1.29, 1.82) is 0 Å². The van der Waals surface area contributed by atoms with E-state index in [1.807, 2.05) is 4.90 Å². The maximum Gasteiger partial charge on any atom is 0.490 e. The number of carbonyl (C=O) groups excluding carboxylic acids is 2. The van der Waals surface area contributed by atoms with Crippen LogP contribution in [0.15, 0.2) is 24.3 Å². The number of likely N-dealkylation sites (tertiary alicyclic amines) is 1. The molecule has 178 valence electrons. The zero-order chi connectivity index (χ0) is 23.5. The Kier molecular flexibility index (Phi) is 7.36. The summed E-state index contributed by atoms with van der Waals surface area (Å²) in [5, 5.41) is 0. The number of hydrogen-bond donors (Lipinski definition) is 0. The first kappa shape index (κ1) is 24.3. The molecule has 0 aliphatic carbocycles. The van der Waals surface area contributed by atoms with E-state index in [-0.39, 0.29) is 13.0 Å². The van der Waals surface area contributed by atoms with Gasteiger partial charge in [-0.2, -0.15) is 26.3 Å². The predicted octanol–water partition coefficient (Wildman–Crippen LogP) is 4.10. The Morgan fingerprint density at radius 2 is 1.78 bits per heavy atom. The highest BCUT2D eigenvalue weighted by Gasteiger charge is 2.44. The first-order valence-electron chi connectivity index (χ1n) is 10.4. The molecular weight excluding hydrogens is 442 g/mol.